The first-order valence-electron chi connectivity index (χ1n) is 6.71. The van der Waals surface area contributed by atoms with E-state index in [2.05, 4.69) is 25.7 Å². The number of aromatic nitrogens is 6. The molecule has 0 spiro atoms. The van der Waals surface area contributed by atoms with Crippen molar-refractivity contribution in [3.63, 3.8) is 0 Å². The summed E-state index contributed by atoms with van der Waals surface area (Å²) in [5.41, 5.74) is 5.91. The summed E-state index contributed by atoms with van der Waals surface area (Å²) in [4.78, 5) is 19.6. The number of hydrogen-bond acceptors (Lipinski definition) is 8. The average Bonchev–Trinajstić information content (AvgIpc) is 2.90. The summed E-state index contributed by atoms with van der Waals surface area (Å²) in [6, 6.07) is 4.87. The number of nitrogens with two attached hydrogens (primary N) is 1. The van der Waals surface area contributed by atoms with E-state index >= 15 is 0 Å². The molecule has 10 nitrogen and oxygen atoms in total. The molecule has 1 aromatic carbocycles. The Morgan fingerprint density at radius 3 is 2.71 bits per heavy atom. The van der Waals surface area contributed by atoms with Gasteiger partial charge in [-0.05, 0) is 16.5 Å². The Labute approximate surface area is 134 Å². The van der Waals surface area contributed by atoms with Crippen LogP contribution in [0.25, 0.3) is 5.69 Å². The normalized spacial score (nSPS) is 10.6. The van der Waals surface area contributed by atoms with Gasteiger partial charge in [-0.25, -0.2) is 14.2 Å². The maximum Gasteiger partial charge on any atom is 0.368 e. The predicted octanol–water partition coefficient (Wildman–Crippen LogP) is 0.229. The monoisotopic (exact) mass is 332 g/mol. The van der Waals surface area contributed by atoms with Crippen LogP contribution in [0.5, 0.6) is 5.75 Å². The molecule has 124 valence electrons. The smallest absolute Gasteiger partial charge is 0.368 e. The molecule has 3 aromatic rings. The fraction of sp³-hybridized carbons (Fsp3) is 0.154. The van der Waals surface area contributed by atoms with Crippen molar-refractivity contribution in [2.75, 3.05) is 18.2 Å². The van der Waals surface area contributed by atoms with Crippen LogP contribution in [0.2, 0.25) is 0 Å². The number of anilines is 3. The number of benzene rings is 1. The molecule has 0 fully saturated rings. The summed E-state index contributed by atoms with van der Waals surface area (Å²) in [5, 5.41) is 10.3. The maximum atomic E-state index is 13.1. The molecule has 2 aromatic heterocycles. The van der Waals surface area contributed by atoms with Crippen LogP contribution in [-0.4, -0.2) is 36.9 Å². The van der Waals surface area contributed by atoms with Gasteiger partial charge in [-0.3, -0.25) is 0 Å². The standard InChI is InChI=1S/C13H13FN8O2/c1-21-13(23)22(20-19-21)8-3-7(4-9(5-8)24-2)17-12-16-6-10(14)11(15)18-12/h3-6H,1-2H3,(H3,15,16,17,18). The van der Waals surface area contributed by atoms with Gasteiger partial charge in [-0.1, -0.05) is 0 Å². The Morgan fingerprint density at radius 2 is 2.08 bits per heavy atom. The van der Waals surface area contributed by atoms with E-state index in [1.165, 1.54) is 14.2 Å². The molecule has 3 N–H and O–H groups in total. The van der Waals surface area contributed by atoms with Gasteiger partial charge in [0.2, 0.25) is 5.95 Å². The van der Waals surface area contributed by atoms with Crippen LogP contribution in [0, 0.1) is 5.82 Å². The van der Waals surface area contributed by atoms with E-state index in [1.54, 1.807) is 18.2 Å². The van der Waals surface area contributed by atoms with Crippen LogP contribution in [-0.2, 0) is 7.05 Å². The zero-order valence-corrected chi connectivity index (χ0v) is 12.8. The Morgan fingerprint density at radius 1 is 1.29 bits per heavy atom. The van der Waals surface area contributed by atoms with Crippen molar-refractivity contribution in [1.82, 2.24) is 29.8 Å². The summed E-state index contributed by atoms with van der Waals surface area (Å²) in [6.45, 7) is 0. The van der Waals surface area contributed by atoms with Crippen molar-refractivity contribution >= 4 is 17.5 Å². The number of aryl methyl sites for hydroxylation is 1. The first-order chi connectivity index (χ1) is 11.5. The Balaban J connectivity index is 2.02. The van der Waals surface area contributed by atoms with Gasteiger partial charge in [0.05, 0.1) is 19.0 Å². The lowest BCUT2D eigenvalue weighted by atomic mass is 10.2. The summed E-state index contributed by atoms with van der Waals surface area (Å²) < 4.78 is 20.5. The van der Waals surface area contributed by atoms with Crippen LogP contribution < -0.4 is 21.5 Å². The SMILES string of the molecule is COc1cc(Nc2ncc(F)c(N)n2)cc(-n2nnn(C)c2=O)c1. The number of nitrogens with zero attached hydrogens (tertiary/aromatic N) is 6. The molecule has 0 radical (unpaired) electrons. The second kappa shape index (κ2) is 5.95. The lowest BCUT2D eigenvalue weighted by molar-refractivity contribution is 0.414. The van der Waals surface area contributed by atoms with E-state index < -0.39 is 11.5 Å². The molecule has 0 unspecified atom stereocenters. The van der Waals surface area contributed by atoms with Crippen molar-refractivity contribution in [3.8, 4) is 11.4 Å². The molecular weight excluding hydrogens is 319 g/mol. The molecule has 11 heteroatoms. The first kappa shape index (κ1) is 15.4. The molecule has 0 aliphatic heterocycles. The molecular formula is C13H13FN8O2. The van der Waals surface area contributed by atoms with Crippen molar-refractivity contribution in [1.29, 1.82) is 0 Å². The Bertz CT molecular complexity index is 951. The summed E-state index contributed by atoms with van der Waals surface area (Å²) in [6.07, 6.45) is 0.957. The van der Waals surface area contributed by atoms with Gasteiger partial charge in [-0.15, -0.1) is 0 Å². The number of halogens is 1. The Kier molecular flexibility index (Phi) is 3.82. The van der Waals surface area contributed by atoms with Gasteiger partial charge >= 0.3 is 5.69 Å². The molecule has 0 saturated carbocycles. The zero-order valence-electron chi connectivity index (χ0n) is 12.8. The van der Waals surface area contributed by atoms with Gasteiger partial charge in [0, 0.05) is 24.9 Å². The highest BCUT2D eigenvalue weighted by Crippen LogP contribution is 2.24. The minimum atomic E-state index is -0.710. The summed E-state index contributed by atoms with van der Waals surface area (Å²) >= 11 is 0. The summed E-state index contributed by atoms with van der Waals surface area (Å²) in [7, 11) is 2.97. The van der Waals surface area contributed by atoms with Crippen LogP contribution in [0.3, 0.4) is 0 Å². The van der Waals surface area contributed by atoms with E-state index in [0.29, 0.717) is 17.1 Å². The number of rotatable bonds is 4. The molecule has 24 heavy (non-hydrogen) atoms. The van der Waals surface area contributed by atoms with Gasteiger partial charge in [0.1, 0.15) is 5.75 Å². The van der Waals surface area contributed by atoms with Crippen molar-refractivity contribution in [3.05, 3.63) is 40.7 Å². The second-order valence-electron chi connectivity index (χ2n) is 4.77. The number of methoxy groups -OCH3 is 1. The molecule has 0 aliphatic carbocycles. The van der Waals surface area contributed by atoms with Crippen LogP contribution in [0.4, 0.5) is 21.8 Å². The molecule has 0 saturated heterocycles. The number of ether oxygens (including phenoxy) is 1. The van der Waals surface area contributed by atoms with Crippen molar-refractivity contribution in [2.24, 2.45) is 7.05 Å². The van der Waals surface area contributed by atoms with E-state index in [9.17, 15) is 9.18 Å². The highest BCUT2D eigenvalue weighted by atomic mass is 19.1. The van der Waals surface area contributed by atoms with E-state index in [1.807, 2.05) is 0 Å². The third kappa shape index (κ3) is 2.86. The fourth-order valence-electron chi connectivity index (χ4n) is 1.94. The molecule has 0 atom stereocenters. The van der Waals surface area contributed by atoms with E-state index in [-0.39, 0.29) is 11.8 Å². The predicted molar refractivity (Wildman–Crippen MR) is 82.8 cm³/mol. The summed E-state index contributed by atoms with van der Waals surface area (Å²) in [5.74, 6) is -0.430. The third-order valence-corrected chi connectivity index (χ3v) is 3.12. The number of nitrogen functional groups attached to an aromatic ring is 1. The molecule has 0 amide bonds. The highest BCUT2D eigenvalue weighted by molar-refractivity contribution is 5.61. The Hall–Kier alpha value is -3.50. The van der Waals surface area contributed by atoms with Crippen LogP contribution >= 0.6 is 0 Å². The molecule has 2 heterocycles. The number of tetrazole rings is 1. The zero-order chi connectivity index (χ0) is 17.3. The fourth-order valence-corrected chi connectivity index (χ4v) is 1.94. The minimum absolute atomic E-state index is 0.0968. The highest BCUT2D eigenvalue weighted by Gasteiger charge is 2.11. The second-order valence-corrected chi connectivity index (χ2v) is 4.77. The van der Waals surface area contributed by atoms with Gasteiger partial charge in [0.15, 0.2) is 11.6 Å². The average molecular weight is 332 g/mol. The lowest BCUT2D eigenvalue weighted by Gasteiger charge is -2.10. The van der Waals surface area contributed by atoms with Gasteiger partial charge in [0.25, 0.3) is 0 Å². The van der Waals surface area contributed by atoms with Gasteiger partial charge in [-0.2, -0.15) is 14.3 Å². The third-order valence-electron chi connectivity index (χ3n) is 3.12. The number of nitrogens with one attached hydrogen (secondary N) is 1. The topological polar surface area (TPSA) is 126 Å². The maximum absolute atomic E-state index is 13.1. The molecule has 0 bridgehead atoms. The van der Waals surface area contributed by atoms with E-state index in [4.69, 9.17) is 10.5 Å². The van der Waals surface area contributed by atoms with Crippen LogP contribution in [0.1, 0.15) is 0 Å². The lowest BCUT2D eigenvalue weighted by Crippen LogP contribution is -2.22. The quantitative estimate of drug-likeness (QED) is 0.695. The van der Waals surface area contributed by atoms with Crippen molar-refractivity contribution < 1.29 is 9.13 Å². The molecule has 0 aliphatic rings. The number of hydrogen-bond donors (Lipinski definition) is 2. The molecule has 3 rings (SSSR count). The van der Waals surface area contributed by atoms with Gasteiger partial charge < -0.3 is 15.8 Å². The van der Waals surface area contributed by atoms with E-state index in [0.717, 1.165) is 15.6 Å². The van der Waals surface area contributed by atoms with Crippen molar-refractivity contribution in [2.45, 2.75) is 0 Å². The van der Waals surface area contributed by atoms with Crippen LogP contribution in [0.15, 0.2) is 29.2 Å². The first-order valence-corrected chi connectivity index (χ1v) is 6.71. The minimum Gasteiger partial charge on any atom is -0.497 e. The largest absolute Gasteiger partial charge is 0.497 e.